The lowest BCUT2D eigenvalue weighted by atomic mass is 9.78. The minimum Gasteiger partial charge on any atom is -0.454 e. The minimum atomic E-state index is 0.0270. The van der Waals surface area contributed by atoms with Gasteiger partial charge in [-0.3, -0.25) is 4.79 Å². The molecule has 2 unspecified atom stereocenters. The molecule has 1 aromatic rings. The van der Waals surface area contributed by atoms with Gasteiger partial charge in [-0.15, -0.1) is 0 Å². The molecule has 108 valence electrons. The molecular formula is C15H20N2O3. The average molecular weight is 276 g/mol. The molecule has 0 saturated heterocycles. The molecule has 1 fully saturated rings. The molecule has 2 atom stereocenters. The van der Waals surface area contributed by atoms with Gasteiger partial charge in [-0.1, -0.05) is 12.8 Å². The molecule has 3 N–H and O–H groups in total. The molecule has 3 rings (SSSR count). The summed E-state index contributed by atoms with van der Waals surface area (Å²) >= 11 is 0. The summed E-state index contributed by atoms with van der Waals surface area (Å²) in [5.41, 5.74) is 6.53. The summed E-state index contributed by atoms with van der Waals surface area (Å²) in [6.07, 6.45) is 4.26. The number of nitrogens with one attached hydrogen (secondary N) is 1. The monoisotopic (exact) mass is 276 g/mol. The highest BCUT2D eigenvalue weighted by Gasteiger charge is 2.30. The van der Waals surface area contributed by atoms with E-state index in [-0.39, 0.29) is 18.6 Å². The van der Waals surface area contributed by atoms with Crippen LogP contribution in [-0.4, -0.2) is 19.2 Å². The number of amides is 1. The first kappa shape index (κ1) is 13.2. The fraction of sp³-hybridized carbons (Fsp3) is 0.533. The van der Waals surface area contributed by atoms with Crippen molar-refractivity contribution in [2.24, 2.45) is 17.6 Å². The Hall–Kier alpha value is -1.75. The van der Waals surface area contributed by atoms with Crippen molar-refractivity contribution in [2.45, 2.75) is 25.7 Å². The summed E-state index contributed by atoms with van der Waals surface area (Å²) in [6.45, 7) is 0.823. The normalized spacial score (nSPS) is 24.4. The van der Waals surface area contributed by atoms with Gasteiger partial charge in [0, 0.05) is 17.7 Å². The molecule has 0 bridgehead atoms. The maximum atomic E-state index is 12.4. The molecular weight excluding hydrogens is 256 g/mol. The smallest absolute Gasteiger partial charge is 0.231 e. The predicted molar refractivity (Wildman–Crippen MR) is 75.7 cm³/mol. The molecule has 0 radical (unpaired) electrons. The van der Waals surface area contributed by atoms with E-state index in [1.165, 1.54) is 6.42 Å². The van der Waals surface area contributed by atoms with Crippen molar-refractivity contribution in [1.29, 1.82) is 0 Å². The summed E-state index contributed by atoms with van der Waals surface area (Å²) in [7, 11) is 0. The molecule has 5 nitrogen and oxygen atoms in total. The van der Waals surface area contributed by atoms with Crippen molar-refractivity contribution < 1.29 is 14.3 Å². The summed E-state index contributed by atoms with van der Waals surface area (Å²) in [5, 5.41) is 2.98. The zero-order valence-corrected chi connectivity index (χ0v) is 11.4. The van der Waals surface area contributed by atoms with E-state index < -0.39 is 0 Å². The highest BCUT2D eigenvalue weighted by molar-refractivity contribution is 5.93. The van der Waals surface area contributed by atoms with Crippen molar-refractivity contribution in [2.75, 3.05) is 18.7 Å². The summed E-state index contributed by atoms with van der Waals surface area (Å²) < 4.78 is 10.6. The maximum Gasteiger partial charge on any atom is 0.231 e. The Bertz CT molecular complexity index is 504. The lowest BCUT2D eigenvalue weighted by molar-refractivity contribution is -0.122. The van der Waals surface area contributed by atoms with Crippen LogP contribution in [0.2, 0.25) is 0 Å². The maximum absolute atomic E-state index is 12.4. The van der Waals surface area contributed by atoms with E-state index >= 15 is 0 Å². The molecule has 1 aromatic carbocycles. The number of hydrogen-bond donors (Lipinski definition) is 2. The van der Waals surface area contributed by atoms with Crippen LogP contribution in [0.15, 0.2) is 18.2 Å². The van der Waals surface area contributed by atoms with Crippen molar-refractivity contribution in [1.82, 2.24) is 0 Å². The van der Waals surface area contributed by atoms with Crippen LogP contribution in [0.4, 0.5) is 5.69 Å². The summed E-state index contributed by atoms with van der Waals surface area (Å²) in [5.74, 6) is 1.80. The third-order valence-corrected chi connectivity index (χ3v) is 4.19. The quantitative estimate of drug-likeness (QED) is 0.887. The van der Waals surface area contributed by atoms with Crippen molar-refractivity contribution >= 4 is 11.6 Å². The first-order valence-electron chi connectivity index (χ1n) is 7.18. The van der Waals surface area contributed by atoms with Crippen molar-refractivity contribution in [3.8, 4) is 11.5 Å². The molecule has 1 aliphatic carbocycles. The van der Waals surface area contributed by atoms with Gasteiger partial charge in [-0.25, -0.2) is 0 Å². The Morgan fingerprint density at radius 1 is 1.25 bits per heavy atom. The van der Waals surface area contributed by atoms with E-state index in [1.54, 1.807) is 6.07 Å². The summed E-state index contributed by atoms with van der Waals surface area (Å²) in [4.78, 5) is 12.4. The Labute approximate surface area is 118 Å². The first-order chi connectivity index (χ1) is 9.78. The number of ether oxygens (including phenoxy) is 2. The van der Waals surface area contributed by atoms with Crippen LogP contribution in [0.5, 0.6) is 11.5 Å². The number of rotatable bonds is 3. The molecule has 1 heterocycles. The van der Waals surface area contributed by atoms with Gasteiger partial charge in [0.05, 0.1) is 0 Å². The Balaban J connectivity index is 1.69. The van der Waals surface area contributed by atoms with Gasteiger partial charge in [-0.2, -0.15) is 0 Å². The van der Waals surface area contributed by atoms with Crippen LogP contribution in [0.25, 0.3) is 0 Å². The number of benzene rings is 1. The fourth-order valence-electron chi connectivity index (χ4n) is 3.04. The molecule has 1 aliphatic heterocycles. The van der Waals surface area contributed by atoms with Crippen LogP contribution in [0.1, 0.15) is 25.7 Å². The van der Waals surface area contributed by atoms with Crippen LogP contribution in [-0.2, 0) is 4.79 Å². The summed E-state index contributed by atoms with van der Waals surface area (Å²) in [6, 6.07) is 5.46. The Morgan fingerprint density at radius 2 is 2.05 bits per heavy atom. The number of hydrogen-bond acceptors (Lipinski definition) is 4. The largest absolute Gasteiger partial charge is 0.454 e. The number of nitrogens with two attached hydrogens (primary N) is 1. The number of anilines is 1. The number of fused-ring (bicyclic) bond motifs is 1. The van der Waals surface area contributed by atoms with E-state index in [0.29, 0.717) is 18.2 Å². The molecule has 0 spiro atoms. The van der Waals surface area contributed by atoms with Crippen LogP contribution < -0.4 is 20.5 Å². The zero-order valence-electron chi connectivity index (χ0n) is 11.4. The van der Waals surface area contributed by atoms with E-state index in [9.17, 15) is 4.79 Å². The highest BCUT2D eigenvalue weighted by Crippen LogP contribution is 2.35. The fourth-order valence-corrected chi connectivity index (χ4v) is 3.04. The number of carbonyl (C=O) groups excluding carboxylic acids is 1. The van der Waals surface area contributed by atoms with Gasteiger partial charge in [0.1, 0.15) is 0 Å². The van der Waals surface area contributed by atoms with Crippen LogP contribution in [0, 0.1) is 11.8 Å². The highest BCUT2D eigenvalue weighted by atomic mass is 16.7. The lowest BCUT2D eigenvalue weighted by Gasteiger charge is -2.29. The van der Waals surface area contributed by atoms with Gasteiger partial charge in [0.2, 0.25) is 12.7 Å². The first-order valence-corrected chi connectivity index (χ1v) is 7.18. The number of carbonyl (C=O) groups is 1. The molecule has 0 aromatic heterocycles. The Kier molecular flexibility index (Phi) is 3.78. The van der Waals surface area contributed by atoms with Crippen molar-refractivity contribution in [3.63, 3.8) is 0 Å². The standard InChI is InChI=1S/C15H20N2O3/c16-8-10-3-1-2-4-12(10)15(18)17-11-5-6-13-14(7-11)20-9-19-13/h5-7,10,12H,1-4,8-9,16H2,(H,17,18). The van der Waals surface area contributed by atoms with Crippen molar-refractivity contribution in [3.05, 3.63) is 18.2 Å². The molecule has 1 amide bonds. The van der Waals surface area contributed by atoms with Gasteiger partial charge in [-0.05, 0) is 37.4 Å². The van der Waals surface area contributed by atoms with Crippen LogP contribution >= 0.6 is 0 Å². The van der Waals surface area contributed by atoms with E-state index in [2.05, 4.69) is 5.32 Å². The molecule has 1 saturated carbocycles. The SMILES string of the molecule is NCC1CCCCC1C(=O)Nc1ccc2c(c1)OCO2. The Morgan fingerprint density at radius 3 is 2.90 bits per heavy atom. The molecule has 5 heteroatoms. The van der Waals surface area contributed by atoms with E-state index in [4.69, 9.17) is 15.2 Å². The minimum absolute atomic E-state index is 0.0270. The topological polar surface area (TPSA) is 73.6 Å². The third-order valence-electron chi connectivity index (χ3n) is 4.19. The lowest BCUT2D eigenvalue weighted by Crippen LogP contribution is -2.35. The third kappa shape index (κ3) is 2.58. The molecule has 20 heavy (non-hydrogen) atoms. The van der Waals surface area contributed by atoms with E-state index in [1.807, 2.05) is 12.1 Å². The predicted octanol–water partition coefficient (Wildman–Crippen LogP) is 2.12. The van der Waals surface area contributed by atoms with Gasteiger partial charge in [0.25, 0.3) is 0 Å². The van der Waals surface area contributed by atoms with Gasteiger partial charge >= 0.3 is 0 Å². The average Bonchev–Trinajstić information content (AvgIpc) is 2.94. The molecule has 2 aliphatic rings. The van der Waals surface area contributed by atoms with E-state index in [0.717, 1.165) is 30.7 Å². The second kappa shape index (κ2) is 5.71. The second-order valence-electron chi connectivity index (χ2n) is 5.44. The zero-order chi connectivity index (χ0) is 13.9. The van der Waals surface area contributed by atoms with Gasteiger partial charge in [0.15, 0.2) is 11.5 Å². The van der Waals surface area contributed by atoms with Gasteiger partial charge < -0.3 is 20.5 Å². The second-order valence-corrected chi connectivity index (χ2v) is 5.44. The van der Waals surface area contributed by atoms with Crippen LogP contribution in [0.3, 0.4) is 0 Å².